The summed E-state index contributed by atoms with van der Waals surface area (Å²) in [6, 6.07) is 3.91. The standard InChI is InChI=1S/C14H19FN2O2/c1-17-7-9(6-16)2-12(17)11-4-14-13(18-8-19-14)3-10(11)5-15/h3-4,9,12H,2,5-8,16H2,1H3. The van der Waals surface area contributed by atoms with E-state index in [1.54, 1.807) is 6.07 Å². The fraction of sp³-hybridized carbons (Fsp3) is 0.571. The highest BCUT2D eigenvalue weighted by Gasteiger charge is 2.32. The van der Waals surface area contributed by atoms with Crippen molar-refractivity contribution in [1.29, 1.82) is 0 Å². The molecule has 0 aliphatic carbocycles. The molecule has 0 aromatic heterocycles. The van der Waals surface area contributed by atoms with Gasteiger partial charge in [0, 0.05) is 12.6 Å². The first-order valence-corrected chi connectivity index (χ1v) is 6.61. The molecule has 1 fully saturated rings. The molecule has 3 rings (SSSR count). The van der Waals surface area contributed by atoms with Gasteiger partial charge in [0.15, 0.2) is 11.5 Å². The summed E-state index contributed by atoms with van der Waals surface area (Å²) in [5.41, 5.74) is 7.45. The molecule has 2 aliphatic heterocycles. The van der Waals surface area contributed by atoms with Gasteiger partial charge in [-0.1, -0.05) is 0 Å². The molecule has 1 aromatic carbocycles. The van der Waals surface area contributed by atoms with Crippen molar-refractivity contribution in [2.24, 2.45) is 11.7 Å². The van der Waals surface area contributed by atoms with Gasteiger partial charge in [0.1, 0.15) is 6.67 Å². The highest BCUT2D eigenvalue weighted by molar-refractivity contribution is 5.49. The maximum atomic E-state index is 13.3. The average Bonchev–Trinajstić information content (AvgIpc) is 3.02. The Kier molecular flexibility index (Phi) is 3.33. The third kappa shape index (κ3) is 2.17. The summed E-state index contributed by atoms with van der Waals surface area (Å²) in [5.74, 6) is 1.84. The van der Waals surface area contributed by atoms with E-state index in [1.807, 2.05) is 6.07 Å². The van der Waals surface area contributed by atoms with Crippen molar-refractivity contribution in [3.8, 4) is 11.5 Å². The second kappa shape index (κ2) is 4.98. The van der Waals surface area contributed by atoms with Gasteiger partial charge in [0.25, 0.3) is 0 Å². The topological polar surface area (TPSA) is 47.7 Å². The van der Waals surface area contributed by atoms with E-state index in [2.05, 4.69) is 11.9 Å². The lowest BCUT2D eigenvalue weighted by molar-refractivity contribution is 0.174. The molecule has 1 aromatic rings. The van der Waals surface area contributed by atoms with Crippen molar-refractivity contribution >= 4 is 0 Å². The fourth-order valence-corrected chi connectivity index (χ4v) is 3.07. The first-order valence-electron chi connectivity index (χ1n) is 6.61. The number of fused-ring (bicyclic) bond motifs is 1. The number of hydrogen-bond acceptors (Lipinski definition) is 4. The van der Waals surface area contributed by atoms with Crippen LogP contribution in [0.3, 0.4) is 0 Å². The maximum absolute atomic E-state index is 13.3. The number of rotatable bonds is 3. The summed E-state index contributed by atoms with van der Waals surface area (Å²) in [4.78, 5) is 2.24. The SMILES string of the molecule is CN1CC(CN)CC1c1cc2c(cc1CF)OCO2. The zero-order valence-corrected chi connectivity index (χ0v) is 11.1. The quantitative estimate of drug-likeness (QED) is 0.907. The van der Waals surface area contributed by atoms with E-state index in [-0.39, 0.29) is 12.8 Å². The fourth-order valence-electron chi connectivity index (χ4n) is 3.07. The number of hydrogen-bond donors (Lipinski definition) is 1. The molecule has 1 saturated heterocycles. The highest BCUT2D eigenvalue weighted by Crippen LogP contribution is 2.42. The van der Waals surface area contributed by atoms with Gasteiger partial charge in [-0.25, -0.2) is 4.39 Å². The van der Waals surface area contributed by atoms with E-state index in [1.165, 1.54) is 0 Å². The number of ether oxygens (including phenoxy) is 2. The number of alkyl halides is 1. The van der Waals surface area contributed by atoms with E-state index < -0.39 is 6.67 Å². The molecule has 0 spiro atoms. The van der Waals surface area contributed by atoms with E-state index in [0.717, 1.165) is 24.3 Å². The molecule has 2 atom stereocenters. The van der Waals surface area contributed by atoms with Crippen LogP contribution in [0.15, 0.2) is 12.1 Å². The molecule has 0 amide bonds. The summed E-state index contributed by atoms with van der Waals surface area (Å²) in [7, 11) is 2.06. The van der Waals surface area contributed by atoms with Crippen LogP contribution in [-0.4, -0.2) is 31.8 Å². The maximum Gasteiger partial charge on any atom is 0.231 e. The lowest BCUT2D eigenvalue weighted by atomic mass is 9.95. The van der Waals surface area contributed by atoms with Crippen molar-refractivity contribution in [2.75, 3.05) is 26.9 Å². The minimum Gasteiger partial charge on any atom is -0.454 e. The van der Waals surface area contributed by atoms with Crippen LogP contribution in [0.1, 0.15) is 23.6 Å². The smallest absolute Gasteiger partial charge is 0.231 e. The van der Waals surface area contributed by atoms with Crippen LogP contribution in [0.2, 0.25) is 0 Å². The van der Waals surface area contributed by atoms with Gasteiger partial charge in [-0.3, -0.25) is 4.90 Å². The molecule has 4 nitrogen and oxygen atoms in total. The van der Waals surface area contributed by atoms with Gasteiger partial charge in [0.05, 0.1) is 0 Å². The Hall–Kier alpha value is -1.33. The third-order valence-corrected chi connectivity index (χ3v) is 4.11. The molecule has 0 saturated carbocycles. The number of benzene rings is 1. The average molecular weight is 266 g/mol. The van der Waals surface area contributed by atoms with E-state index in [0.29, 0.717) is 23.8 Å². The van der Waals surface area contributed by atoms with Crippen molar-refractivity contribution in [3.05, 3.63) is 23.3 Å². The van der Waals surface area contributed by atoms with Gasteiger partial charge in [0.2, 0.25) is 6.79 Å². The first kappa shape index (κ1) is 12.7. The third-order valence-electron chi connectivity index (χ3n) is 4.11. The molecule has 2 aliphatic rings. The Labute approximate surface area is 112 Å². The molecule has 104 valence electrons. The molecule has 2 heterocycles. The van der Waals surface area contributed by atoms with Crippen molar-refractivity contribution in [2.45, 2.75) is 19.1 Å². The minimum absolute atomic E-state index is 0.216. The molecule has 0 bridgehead atoms. The lowest BCUT2D eigenvalue weighted by Gasteiger charge is -2.22. The molecule has 0 radical (unpaired) electrons. The second-order valence-electron chi connectivity index (χ2n) is 5.33. The molecular weight excluding hydrogens is 247 g/mol. The van der Waals surface area contributed by atoms with E-state index in [9.17, 15) is 4.39 Å². The number of nitrogens with zero attached hydrogens (tertiary/aromatic N) is 1. The van der Waals surface area contributed by atoms with Crippen molar-refractivity contribution in [1.82, 2.24) is 4.90 Å². The van der Waals surface area contributed by atoms with Crippen LogP contribution in [-0.2, 0) is 6.67 Å². The number of likely N-dealkylation sites (tertiary alicyclic amines) is 1. The van der Waals surface area contributed by atoms with Gasteiger partial charge < -0.3 is 15.2 Å². The summed E-state index contributed by atoms with van der Waals surface area (Å²) in [6.45, 7) is 1.37. The Morgan fingerprint density at radius 1 is 1.37 bits per heavy atom. The predicted octanol–water partition coefficient (Wildman–Crippen LogP) is 1.84. The number of nitrogens with two attached hydrogens (primary N) is 1. The van der Waals surface area contributed by atoms with Gasteiger partial charge in [-0.15, -0.1) is 0 Å². The Bertz CT molecular complexity index is 481. The Balaban J connectivity index is 1.95. The number of halogens is 1. The zero-order chi connectivity index (χ0) is 13.4. The molecule has 19 heavy (non-hydrogen) atoms. The van der Waals surface area contributed by atoms with E-state index >= 15 is 0 Å². The summed E-state index contributed by atoms with van der Waals surface area (Å²) >= 11 is 0. The Morgan fingerprint density at radius 2 is 2.11 bits per heavy atom. The molecule has 2 N–H and O–H groups in total. The molecule has 2 unspecified atom stereocenters. The van der Waals surface area contributed by atoms with Crippen molar-refractivity contribution < 1.29 is 13.9 Å². The lowest BCUT2D eigenvalue weighted by Crippen LogP contribution is -2.21. The normalized spacial score (nSPS) is 26.1. The van der Waals surface area contributed by atoms with Gasteiger partial charge in [-0.05, 0) is 49.2 Å². The Morgan fingerprint density at radius 3 is 2.74 bits per heavy atom. The summed E-state index contributed by atoms with van der Waals surface area (Å²) < 4.78 is 24.0. The van der Waals surface area contributed by atoms with Crippen LogP contribution in [0.5, 0.6) is 11.5 Å². The summed E-state index contributed by atoms with van der Waals surface area (Å²) in [6.07, 6.45) is 0.972. The van der Waals surface area contributed by atoms with Crippen LogP contribution < -0.4 is 15.2 Å². The summed E-state index contributed by atoms with van der Waals surface area (Å²) in [5, 5.41) is 0. The van der Waals surface area contributed by atoms with Crippen molar-refractivity contribution in [3.63, 3.8) is 0 Å². The van der Waals surface area contributed by atoms with Crippen LogP contribution in [0, 0.1) is 5.92 Å². The van der Waals surface area contributed by atoms with Crippen LogP contribution >= 0.6 is 0 Å². The van der Waals surface area contributed by atoms with E-state index in [4.69, 9.17) is 15.2 Å². The van der Waals surface area contributed by atoms with Crippen LogP contribution in [0.25, 0.3) is 0 Å². The second-order valence-corrected chi connectivity index (χ2v) is 5.33. The predicted molar refractivity (Wildman–Crippen MR) is 69.9 cm³/mol. The monoisotopic (exact) mass is 266 g/mol. The molecular formula is C14H19FN2O2. The minimum atomic E-state index is -0.483. The first-order chi connectivity index (χ1) is 9.22. The molecule has 5 heteroatoms. The van der Waals surface area contributed by atoms with Gasteiger partial charge >= 0.3 is 0 Å². The van der Waals surface area contributed by atoms with Crippen LogP contribution in [0.4, 0.5) is 4.39 Å². The largest absolute Gasteiger partial charge is 0.454 e. The van der Waals surface area contributed by atoms with Gasteiger partial charge in [-0.2, -0.15) is 0 Å². The zero-order valence-electron chi connectivity index (χ0n) is 11.1. The highest BCUT2D eigenvalue weighted by atomic mass is 19.1.